The molecule has 2 aromatic carbocycles. The first-order chi connectivity index (χ1) is 16.2. The summed E-state index contributed by atoms with van der Waals surface area (Å²) in [5, 5.41) is 16.0. The number of hydrogen-bond donors (Lipinski definition) is 0. The number of ether oxygens (including phenoxy) is 2. The lowest BCUT2D eigenvalue weighted by molar-refractivity contribution is -0.384. The smallest absolute Gasteiger partial charge is 0.346 e. The van der Waals surface area contributed by atoms with E-state index in [2.05, 4.69) is 30.8 Å². The summed E-state index contributed by atoms with van der Waals surface area (Å²) in [4.78, 5) is 40.5. The van der Waals surface area contributed by atoms with Crippen molar-refractivity contribution in [2.45, 2.75) is 39.2 Å². The van der Waals surface area contributed by atoms with Crippen molar-refractivity contribution in [3.63, 3.8) is 0 Å². The molecule has 178 valence electrons. The number of carbonyl (C=O) groups excluding carboxylic acids is 1. The van der Waals surface area contributed by atoms with Crippen LogP contribution in [0.25, 0.3) is 10.9 Å². The number of hydrogen-bond acceptors (Lipinski definition) is 8. The second kappa shape index (κ2) is 10.6. The zero-order valence-electron chi connectivity index (χ0n) is 19.0. The quantitative estimate of drug-likeness (QED) is 0.183. The van der Waals surface area contributed by atoms with E-state index in [-0.39, 0.29) is 28.5 Å². The zero-order chi connectivity index (χ0) is 25.0. The molecule has 1 heterocycles. The Hall–Kier alpha value is -3.60. The molecule has 0 aliphatic rings. The van der Waals surface area contributed by atoms with Crippen LogP contribution in [0.5, 0.6) is 5.75 Å². The molecule has 34 heavy (non-hydrogen) atoms. The van der Waals surface area contributed by atoms with E-state index < -0.39 is 17.0 Å². The third kappa shape index (κ3) is 5.30. The van der Waals surface area contributed by atoms with Crippen molar-refractivity contribution in [3.05, 3.63) is 72.7 Å². The van der Waals surface area contributed by atoms with Gasteiger partial charge in [-0.05, 0) is 37.6 Å². The van der Waals surface area contributed by atoms with Crippen molar-refractivity contribution in [3.8, 4) is 5.75 Å². The first-order valence-electron chi connectivity index (χ1n) is 10.5. The molecule has 11 heteroatoms. The lowest BCUT2D eigenvalue weighted by Crippen LogP contribution is -2.25. The average Bonchev–Trinajstić information content (AvgIpc) is 2.83. The van der Waals surface area contributed by atoms with Gasteiger partial charge in [-0.2, -0.15) is 9.78 Å². The Morgan fingerprint density at radius 1 is 1.29 bits per heavy atom. The van der Waals surface area contributed by atoms with Gasteiger partial charge in [-0.25, -0.2) is 9.78 Å². The van der Waals surface area contributed by atoms with E-state index in [1.807, 2.05) is 13.8 Å². The minimum Gasteiger partial charge on any atom is -0.478 e. The Bertz CT molecular complexity index is 1340. The zero-order valence-corrected chi connectivity index (χ0v) is 20.6. The monoisotopic (exact) mass is 530 g/mol. The second-order valence-corrected chi connectivity index (χ2v) is 8.48. The summed E-state index contributed by atoms with van der Waals surface area (Å²) in [5.41, 5.74) is 0.172. The van der Waals surface area contributed by atoms with E-state index in [0.717, 1.165) is 4.47 Å². The number of carbonyl (C=O) groups is 1. The Morgan fingerprint density at radius 2 is 2.03 bits per heavy atom. The number of halogens is 1. The van der Waals surface area contributed by atoms with E-state index in [1.165, 1.54) is 43.1 Å². The number of esters is 1. The molecule has 1 aromatic heterocycles. The molecule has 0 radical (unpaired) electrons. The van der Waals surface area contributed by atoms with Crippen LogP contribution in [0.15, 0.2) is 50.8 Å². The fourth-order valence-electron chi connectivity index (χ4n) is 3.16. The van der Waals surface area contributed by atoms with Crippen molar-refractivity contribution in [2.75, 3.05) is 7.11 Å². The molecule has 0 saturated heterocycles. The molecule has 0 fully saturated rings. The minimum absolute atomic E-state index is 0.0851. The molecular weight excluding hydrogens is 508 g/mol. The van der Waals surface area contributed by atoms with Crippen LogP contribution >= 0.6 is 15.9 Å². The van der Waals surface area contributed by atoms with Crippen LogP contribution in [0.2, 0.25) is 0 Å². The van der Waals surface area contributed by atoms with Gasteiger partial charge in [0.1, 0.15) is 11.6 Å². The van der Waals surface area contributed by atoms with Crippen molar-refractivity contribution in [1.82, 2.24) is 9.66 Å². The van der Waals surface area contributed by atoms with E-state index in [1.54, 1.807) is 18.2 Å². The minimum atomic E-state index is -0.961. The summed E-state index contributed by atoms with van der Waals surface area (Å²) in [6.07, 6.45) is 1.04. The first-order valence-corrected chi connectivity index (χ1v) is 11.2. The highest BCUT2D eigenvalue weighted by atomic mass is 79.9. The van der Waals surface area contributed by atoms with Gasteiger partial charge in [-0.3, -0.25) is 14.9 Å². The van der Waals surface area contributed by atoms with Gasteiger partial charge < -0.3 is 9.47 Å². The van der Waals surface area contributed by atoms with Gasteiger partial charge >= 0.3 is 5.97 Å². The molecule has 0 aliphatic heterocycles. The number of benzene rings is 2. The molecule has 2 atom stereocenters. The molecule has 0 N–H and O–H groups in total. The lowest BCUT2D eigenvalue weighted by Gasteiger charge is -2.15. The average molecular weight is 531 g/mol. The third-order valence-electron chi connectivity index (χ3n) is 5.24. The van der Waals surface area contributed by atoms with E-state index in [4.69, 9.17) is 4.74 Å². The lowest BCUT2D eigenvalue weighted by atomic mass is 10.1. The Labute approximate surface area is 203 Å². The molecule has 10 nitrogen and oxygen atoms in total. The van der Waals surface area contributed by atoms with Gasteiger partial charge in [0.15, 0.2) is 6.10 Å². The van der Waals surface area contributed by atoms with Gasteiger partial charge in [0, 0.05) is 28.1 Å². The van der Waals surface area contributed by atoms with Crippen molar-refractivity contribution in [2.24, 2.45) is 5.10 Å². The summed E-state index contributed by atoms with van der Waals surface area (Å²) in [6, 6.07) is 9.09. The standard InChI is InChI=1S/C23H23BrN4O6/c1-5-13(2)21-26-19-8-6-16(24)11-18(19)22(29)27(21)25-12-15-10-17(28(31)32)7-9-20(15)34-14(3)23(30)33-4/h6-14H,5H2,1-4H3/t13-,14+/m0/s1. The number of aromatic nitrogens is 2. The molecule has 0 amide bonds. The highest BCUT2D eigenvalue weighted by Gasteiger charge is 2.19. The molecular formula is C23H23BrN4O6. The molecule has 0 aliphatic carbocycles. The maximum absolute atomic E-state index is 13.3. The predicted octanol–water partition coefficient (Wildman–Crippen LogP) is 4.40. The number of fused-ring (bicyclic) bond motifs is 1. The van der Waals surface area contributed by atoms with E-state index in [9.17, 15) is 19.7 Å². The Balaban J connectivity index is 2.17. The predicted molar refractivity (Wildman–Crippen MR) is 131 cm³/mol. The van der Waals surface area contributed by atoms with Crippen LogP contribution in [0.1, 0.15) is 44.5 Å². The molecule has 0 spiro atoms. The highest BCUT2D eigenvalue weighted by Crippen LogP contribution is 2.25. The molecule has 0 saturated carbocycles. The molecule has 3 rings (SSSR count). The number of rotatable bonds is 8. The largest absolute Gasteiger partial charge is 0.478 e. The molecule has 0 bridgehead atoms. The van der Waals surface area contributed by atoms with Gasteiger partial charge in [0.2, 0.25) is 0 Å². The number of nitrogens with zero attached hydrogens (tertiary/aromatic N) is 4. The molecule has 3 aromatic rings. The highest BCUT2D eigenvalue weighted by molar-refractivity contribution is 9.10. The van der Waals surface area contributed by atoms with Crippen molar-refractivity contribution < 1.29 is 19.2 Å². The van der Waals surface area contributed by atoms with E-state index >= 15 is 0 Å². The topological polar surface area (TPSA) is 126 Å². The summed E-state index contributed by atoms with van der Waals surface area (Å²) < 4.78 is 12.2. The van der Waals surface area contributed by atoms with Crippen LogP contribution in [0, 0.1) is 10.1 Å². The third-order valence-corrected chi connectivity index (χ3v) is 5.73. The van der Waals surface area contributed by atoms with Gasteiger partial charge in [-0.1, -0.05) is 29.8 Å². The SMILES string of the molecule is CC[C@H](C)c1nc2ccc(Br)cc2c(=O)n1N=Cc1cc([N+](=O)[O-])ccc1O[C@H](C)C(=O)OC. The summed E-state index contributed by atoms with van der Waals surface area (Å²) >= 11 is 3.37. The maximum Gasteiger partial charge on any atom is 0.346 e. The Kier molecular flexibility index (Phi) is 7.77. The summed E-state index contributed by atoms with van der Waals surface area (Å²) in [7, 11) is 1.23. The summed E-state index contributed by atoms with van der Waals surface area (Å²) in [6.45, 7) is 5.39. The number of methoxy groups -OCH3 is 1. The number of nitro benzene ring substituents is 1. The van der Waals surface area contributed by atoms with E-state index in [0.29, 0.717) is 23.1 Å². The fraction of sp³-hybridized carbons (Fsp3) is 0.304. The maximum atomic E-state index is 13.3. The first kappa shape index (κ1) is 25.0. The Morgan fingerprint density at radius 3 is 2.68 bits per heavy atom. The fourth-order valence-corrected chi connectivity index (χ4v) is 3.52. The van der Waals surface area contributed by atoms with Crippen LogP contribution in [-0.2, 0) is 9.53 Å². The van der Waals surface area contributed by atoms with Crippen LogP contribution < -0.4 is 10.3 Å². The van der Waals surface area contributed by atoms with Crippen LogP contribution in [0.4, 0.5) is 5.69 Å². The summed E-state index contributed by atoms with van der Waals surface area (Å²) in [5.74, 6) is -0.0739. The number of non-ortho nitro benzene ring substituents is 1. The van der Waals surface area contributed by atoms with Crippen molar-refractivity contribution >= 4 is 44.7 Å². The molecule has 0 unspecified atom stereocenters. The second-order valence-electron chi connectivity index (χ2n) is 7.56. The van der Waals surface area contributed by atoms with Gasteiger partial charge in [0.05, 0.1) is 29.2 Å². The van der Waals surface area contributed by atoms with Crippen molar-refractivity contribution in [1.29, 1.82) is 0 Å². The normalized spacial score (nSPS) is 13.1. The van der Waals surface area contributed by atoms with Gasteiger partial charge in [-0.15, -0.1) is 0 Å². The number of nitro groups is 1. The van der Waals surface area contributed by atoms with Crippen LogP contribution in [-0.4, -0.2) is 40.0 Å². The van der Waals surface area contributed by atoms with Crippen LogP contribution in [0.3, 0.4) is 0 Å². The van der Waals surface area contributed by atoms with Gasteiger partial charge in [0.25, 0.3) is 11.2 Å².